The molecular formula is C30H17BO2S. The van der Waals surface area contributed by atoms with E-state index in [9.17, 15) is 0 Å². The Kier molecular flexibility index (Phi) is 3.66. The van der Waals surface area contributed by atoms with Crippen LogP contribution in [0.1, 0.15) is 0 Å². The number of rotatable bonds is 1. The molecule has 158 valence electrons. The highest BCUT2D eigenvalue weighted by molar-refractivity contribution is 7.26. The van der Waals surface area contributed by atoms with Gasteiger partial charge in [-0.15, -0.1) is 11.3 Å². The van der Waals surface area contributed by atoms with Crippen LogP contribution in [-0.4, -0.2) is 6.71 Å². The first kappa shape index (κ1) is 18.4. The molecule has 0 aliphatic carbocycles. The van der Waals surface area contributed by atoms with Crippen molar-refractivity contribution < 1.29 is 9.47 Å². The largest absolute Gasteiger partial charge is 0.458 e. The lowest BCUT2D eigenvalue weighted by Crippen LogP contribution is -2.57. The Labute approximate surface area is 201 Å². The molecule has 0 unspecified atom stereocenters. The first-order valence-electron chi connectivity index (χ1n) is 11.5. The fourth-order valence-corrected chi connectivity index (χ4v) is 6.76. The molecule has 0 N–H and O–H groups in total. The van der Waals surface area contributed by atoms with Crippen molar-refractivity contribution in [2.24, 2.45) is 0 Å². The Hall–Kier alpha value is -4.02. The molecule has 34 heavy (non-hydrogen) atoms. The van der Waals surface area contributed by atoms with Crippen LogP contribution >= 0.6 is 11.3 Å². The van der Waals surface area contributed by atoms with Crippen LogP contribution in [0.4, 0.5) is 0 Å². The first-order chi connectivity index (χ1) is 16.8. The predicted molar refractivity (Wildman–Crippen MR) is 142 cm³/mol. The fraction of sp³-hybridized carbons (Fsp3) is 0. The number of benzene rings is 5. The number of fused-ring (bicyclic) bond motifs is 7. The van der Waals surface area contributed by atoms with Crippen LogP contribution in [0.5, 0.6) is 23.0 Å². The lowest BCUT2D eigenvalue weighted by molar-refractivity contribution is 0.465. The van der Waals surface area contributed by atoms with E-state index in [0.29, 0.717) is 0 Å². The summed E-state index contributed by atoms with van der Waals surface area (Å²) in [5, 5.41) is 2.60. The summed E-state index contributed by atoms with van der Waals surface area (Å²) in [5.41, 5.74) is 5.81. The highest BCUT2D eigenvalue weighted by Crippen LogP contribution is 2.43. The lowest BCUT2D eigenvalue weighted by atomic mass is 9.35. The second kappa shape index (κ2) is 6.75. The van der Waals surface area contributed by atoms with E-state index in [4.69, 9.17) is 9.47 Å². The monoisotopic (exact) mass is 452 g/mol. The van der Waals surface area contributed by atoms with Crippen LogP contribution in [-0.2, 0) is 0 Å². The van der Waals surface area contributed by atoms with Crippen molar-refractivity contribution in [3.63, 3.8) is 0 Å². The molecule has 2 nitrogen and oxygen atoms in total. The molecule has 0 saturated heterocycles. The number of para-hydroxylation sites is 2. The molecule has 6 aromatic rings. The molecule has 2 aliphatic heterocycles. The summed E-state index contributed by atoms with van der Waals surface area (Å²) in [5.74, 6) is 3.59. The molecule has 0 bridgehead atoms. The zero-order valence-electron chi connectivity index (χ0n) is 18.1. The van der Waals surface area contributed by atoms with E-state index in [-0.39, 0.29) is 6.71 Å². The minimum Gasteiger partial charge on any atom is -0.458 e. The van der Waals surface area contributed by atoms with Gasteiger partial charge in [-0.25, -0.2) is 0 Å². The van der Waals surface area contributed by atoms with Crippen LogP contribution in [0.2, 0.25) is 0 Å². The molecule has 0 amide bonds. The molecule has 3 heterocycles. The van der Waals surface area contributed by atoms with Gasteiger partial charge < -0.3 is 9.47 Å². The van der Waals surface area contributed by atoms with Gasteiger partial charge >= 0.3 is 0 Å². The Morgan fingerprint density at radius 2 is 1.18 bits per heavy atom. The number of hydrogen-bond acceptors (Lipinski definition) is 3. The number of hydrogen-bond donors (Lipinski definition) is 0. The van der Waals surface area contributed by atoms with Gasteiger partial charge in [0.25, 0.3) is 6.71 Å². The second-order valence-electron chi connectivity index (χ2n) is 8.88. The summed E-state index contributed by atoms with van der Waals surface area (Å²) in [6, 6.07) is 36.3. The molecule has 4 heteroatoms. The maximum atomic E-state index is 6.50. The lowest BCUT2D eigenvalue weighted by Gasteiger charge is -2.33. The van der Waals surface area contributed by atoms with E-state index in [1.807, 2.05) is 23.5 Å². The van der Waals surface area contributed by atoms with Crippen LogP contribution in [0, 0.1) is 0 Å². The van der Waals surface area contributed by atoms with Crippen LogP contribution < -0.4 is 25.9 Å². The first-order valence-corrected chi connectivity index (χ1v) is 12.3. The van der Waals surface area contributed by atoms with Crippen molar-refractivity contribution in [2.45, 2.75) is 0 Å². The third kappa shape index (κ3) is 2.46. The van der Waals surface area contributed by atoms with E-state index in [1.54, 1.807) is 0 Å². The van der Waals surface area contributed by atoms with Gasteiger partial charge in [-0.3, -0.25) is 0 Å². The summed E-state index contributed by atoms with van der Waals surface area (Å²) < 4.78 is 15.6. The highest BCUT2D eigenvalue weighted by Gasteiger charge is 2.40. The topological polar surface area (TPSA) is 18.5 Å². The smallest absolute Gasteiger partial charge is 0.260 e. The average molecular weight is 452 g/mol. The second-order valence-corrected chi connectivity index (χ2v) is 9.93. The summed E-state index contributed by atoms with van der Waals surface area (Å²) in [6.45, 7) is 0.106. The molecule has 2 aliphatic rings. The van der Waals surface area contributed by atoms with Gasteiger partial charge in [0.15, 0.2) is 0 Å². The SMILES string of the molecule is c1ccc2c(c1)Oc1cc(-c3cccc4c3sc3ccccc34)cc3c1B2c1ccccc1O3. The van der Waals surface area contributed by atoms with Gasteiger partial charge in [0.2, 0.25) is 0 Å². The van der Waals surface area contributed by atoms with E-state index in [1.165, 1.54) is 36.7 Å². The average Bonchev–Trinajstić information content (AvgIpc) is 3.27. The third-order valence-electron chi connectivity index (χ3n) is 7.01. The maximum absolute atomic E-state index is 6.50. The normalized spacial score (nSPS) is 13.1. The van der Waals surface area contributed by atoms with Gasteiger partial charge in [0.05, 0.1) is 0 Å². The zero-order valence-corrected chi connectivity index (χ0v) is 18.9. The summed E-state index contributed by atoms with van der Waals surface area (Å²) in [7, 11) is 0. The van der Waals surface area contributed by atoms with E-state index in [2.05, 4.69) is 91.0 Å². The molecule has 0 fully saturated rings. The van der Waals surface area contributed by atoms with Crippen LogP contribution in [0.15, 0.2) is 103 Å². The van der Waals surface area contributed by atoms with Crippen molar-refractivity contribution in [1.29, 1.82) is 0 Å². The van der Waals surface area contributed by atoms with E-state index < -0.39 is 0 Å². The van der Waals surface area contributed by atoms with E-state index >= 15 is 0 Å². The number of ether oxygens (including phenoxy) is 2. The molecule has 1 aromatic heterocycles. The molecule has 8 rings (SSSR count). The standard InChI is InChI=1S/C30H17BO2S/c1-6-15-28-20(8-1)21-10-7-9-19(30(21)34-28)18-16-26-29-27(17-18)33-25-14-5-3-12-23(25)31(29)22-11-2-4-13-24(22)32-26/h1-17H. The van der Waals surface area contributed by atoms with Gasteiger partial charge in [-0.2, -0.15) is 0 Å². The summed E-state index contributed by atoms with van der Waals surface area (Å²) in [4.78, 5) is 0. The van der Waals surface area contributed by atoms with Crippen molar-refractivity contribution in [2.75, 3.05) is 0 Å². The molecule has 0 atom stereocenters. The van der Waals surface area contributed by atoms with E-state index in [0.717, 1.165) is 34.0 Å². The zero-order chi connectivity index (χ0) is 22.2. The molecular weight excluding hydrogens is 435 g/mol. The molecule has 0 spiro atoms. The summed E-state index contributed by atoms with van der Waals surface area (Å²) in [6.07, 6.45) is 0. The highest BCUT2D eigenvalue weighted by atomic mass is 32.1. The quantitative estimate of drug-likeness (QED) is 0.267. The minimum atomic E-state index is 0.106. The van der Waals surface area contributed by atoms with Gasteiger partial charge in [0.1, 0.15) is 23.0 Å². The minimum absolute atomic E-state index is 0.106. The third-order valence-corrected chi connectivity index (χ3v) is 8.23. The Bertz CT molecular complexity index is 1710. The summed E-state index contributed by atoms with van der Waals surface area (Å²) >= 11 is 1.84. The number of thiophene rings is 1. The molecule has 5 aromatic carbocycles. The molecule has 0 saturated carbocycles. The Balaban J connectivity index is 1.40. The van der Waals surface area contributed by atoms with Crippen molar-refractivity contribution in [3.05, 3.63) is 103 Å². The van der Waals surface area contributed by atoms with Crippen LogP contribution in [0.25, 0.3) is 31.3 Å². The maximum Gasteiger partial charge on any atom is 0.260 e. The van der Waals surface area contributed by atoms with Gasteiger partial charge in [0, 0.05) is 25.6 Å². The Morgan fingerprint density at radius 3 is 1.91 bits per heavy atom. The van der Waals surface area contributed by atoms with Crippen molar-refractivity contribution in [1.82, 2.24) is 0 Å². The van der Waals surface area contributed by atoms with Gasteiger partial charge in [-0.05, 0) is 52.4 Å². The Morgan fingerprint density at radius 1 is 0.559 bits per heavy atom. The van der Waals surface area contributed by atoms with Crippen molar-refractivity contribution in [3.8, 4) is 34.1 Å². The predicted octanol–water partition coefficient (Wildman–Crippen LogP) is 6.45. The fourth-order valence-electron chi connectivity index (χ4n) is 5.52. The van der Waals surface area contributed by atoms with Gasteiger partial charge in [-0.1, -0.05) is 72.8 Å². The van der Waals surface area contributed by atoms with Crippen molar-refractivity contribution >= 4 is 54.6 Å². The van der Waals surface area contributed by atoms with Crippen LogP contribution in [0.3, 0.4) is 0 Å². The molecule has 0 radical (unpaired) electrons.